The van der Waals surface area contributed by atoms with Gasteiger partial charge in [-0.05, 0) is 12.5 Å². The third-order valence-electron chi connectivity index (χ3n) is 2.06. The quantitative estimate of drug-likeness (QED) is 0.472. The number of hydrogen-bond donors (Lipinski definition) is 0. The zero-order valence-corrected chi connectivity index (χ0v) is 11.3. The van der Waals surface area contributed by atoms with E-state index in [0.29, 0.717) is 6.54 Å². The van der Waals surface area contributed by atoms with Gasteiger partial charge in [-0.15, -0.1) is 17.9 Å². The van der Waals surface area contributed by atoms with Gasteiger partial charge in [-0.2, -0.15) is 3.15 Å². The lowest BCUT2D eigenvalue weighted by atomic mass is 10.2. The molecule has 2 heterocycles. The maximum Gasteiger partial charge on any atom is 0.266 e. The lowest BCUT2D eigenvalue weighted by Gasteiger charge is -2.16. The van der Waals surface area contributed by atoms with Crippen LogP contribution < -0.4 is 0 Å². The summed E-state index contributed by atoms with van der Waals surface area (Å²) in [4.78, 5) is 13.2. The Labute approximate surface area is 103 Å². The molecule has 0 N–H and O–H groups in total. The molecule has 1 aliphatic heterocycles. The van der Waals surface area contributed by atoms with Crippen molar-refractivity contribution in [2.24, 2.45) is 3.15 Å². The van der Waals surface area contributed by atoms with Crippen molar-refractivity contribution >= 4 is 43.6 Å². The van der Waals surface area contributed by atoms with Crippen molar-refractivity contribution in [2.75, 3.05) is 6.54 Å². The Morgan fingerprint density at radius 3 is 3.20 bits per heavy atom. The van der Waals surface area contributed by atoms with Crippen LogP contribution in [0.15, 0.2) is 21.9 Å². The van der Waals surface area contributed by atoms with Crippen LogP contribution in [0.5, 0.6) is 0 Å². The van der Waals surface area contributed by atoms with E-state index in [4.69, 9.17) is 0 Å². The highest BCUT2D eigenvalue weighted by molar-refractivity contribution is 14.1. The molecule has 1 aliphatic rings. The Kier molecular flexibility index (Phi) is 3.30. The van der Waals surface area contributed by atoms with Crippen molar-refractivity contribution in [1.82, 2.24) is 3.11 Å². The molecule has 0 atom stereocenters. The number of hydrogen-bond acceptors (Lipinski definition) is 3. The van der Waals surface area contributed by atoms with Gasteiger partial charge in [0.15, 0.2) is 0 Å². The van der Waals surface area contributed by atoms with Gasteiger partial charge in [0.05, 0.1) is 5.56 Å². The monoisotopic (exact) mass is 334 g/mol. The summed E-state index contributed by atoms with van der Waals surface area (Å²) in [5.41, 5.74) is 0.782. The van der Waals surface area contributed by atoms with E-state index in [2.05, 4.69) is 16.6 Å². The van der Waals surface area contributed by atoms with E-state index in [1.165, 1.54) is 4.88 Å². The van der Waals surface area contributed by atoms with Crippen molar-refractivity contribution in [3.63, 3.8) is 0 Å². The van der Waals surface area contributed by atoms with Crippen LogP contribution in [0.2, 0.25) is 0 Å². The average Bonchev–Trinajstić information content (AvgIpc) is 2.66. The largest absolute Gasteiger partial charge is 0.268 e. The van der Waals surface area contributed by atoms with E-state index < -0.39 is 21.3 Å². The number of fused-ring (bicyclic) bond motifs is 1. The van der Waals surface area contributed by atoms with Gasteiger partial charge in [0, 0.05) is 11.4 Å². The highest BCUT2D eigenvalue weighted by Crippen LogP contribution is 2.39. The van der Waals surface area contributed by atoms with Crippen LogP contribution >= 0.6 is 32.6 Å². The van der Waals surface area contributed by atoms with Crippen molar-refractivity contribution in [3.05, 3.63) is 29.2 Å². The van der Waals surface area contributed by atoms with Gasteiger partial charge in [0.1, 0.15) is 26.3 Å². The first-order chi connectivity index (χ1) is 7.26. The Hall–Kier alpha value is -0.560. The summed E-state index contributed by atoms with van der Waals surface area (Å²) >= 11 is 1.12. The number of thiophene rings is 1. The van der Waals surface area contributed by atoms with E-state index in [1.54, 1.807) is 20.5 Å². The first kappa shape index (κ1) is 10.9. The van der Waals surface area contributed by atoms with Crippen LogP contribution in [-0.2, 0) is 6.42 Å². The summed E-state index contributed by atoms with van der Waals surface area (Å²) < 4.78 is 6.30. The third-order valence-corrected chi connectivity index (χ3v) is 5.61. The molecule has 2 rings (SSSR count). The molecule has 0 aromatic carbocycles. The van der Waals surface area contributed by atoms with Crippen molar-refractivity contribution in [1.29, 1.82) is 0 Å². The summed E-state index contributed by atoms with van der Waals surface area (Å²) in [6.45, 7) is 6.36. The molecule has 1 aromatic heterocycles. The average molecular weight is 334 g/mol. The first-order valence-corrected chi connectivity index (χ1v) is 7.41. The molecule has 0 aliphatic carbocycles. The standard InChI is InChI=1S/C10H11IN2OS/c1-3-5-13-10(14)8-6-7(4-2)15-9(8)12-11-13/h3,6H,1,4-5H2,2H3. The Morgan fingerprint density at radius 1 is 1.73 bits per heavy atom. The normalized spacial score (nSPS) is 14.7. The summed E-state index contributed by atoms with van der Waals surface area (Å²) in [6, 6.07) is 1.98. The van der Waals surface area contributed by atoms with Gasteiger partial charge in [0.25, 0.3) is 5.91 Å². The van der Waals surface area contributed by atoms with Gasteiger partial charge in [-0.1, -0.05) is 13.0 Å². The summed E-state index contributed by atoms with van der Waals surface area (Å²) in [5.74, 6) is 0.128. The number of nitrogens with zero attached hydrogens (tertiary/aromatic N) is 2. The highest BCUT2D eigenvalue weighted by atomic mass is 127. The van der Waals surface area contributed by atoms with Gasteiger partial charge in [-0.25, -0.2) is 0 Å². The van der Waals surface area contributed by atoms with Gasteiger partial charge >= 0.3 is 0 Å². The molecule has 80 valence electrons. The fourth-order valence-electron chi connectivity index (χ4n) is 1.29. The molecule has 0 fully saturated rings. The molecule has 0 spiro atoms. The molecular formula is C10H11IN2OS. The summed E-state index contributed by atoms with van der Waals surface area (Å²) in [6.07, 6.45) is 2.73. The summed E-state index contributed by atoms with van der Waals surface area (Å²) in [5, 5.41) is 0.935. The third kappa shape index (κ3) is 2.03. The van der Waals surface area contributed by atoms with Gasteiger partial charge < -0.3 is 0 Å². The van der Waals surface area contributed by atoms with Crippen LogP contribution in [0.25, 0.3) is 0 Å². The molecular weight excluding hydrogens is 323 g/mol. The second kappa shape index (κ2) is 4.52. The Morgan fingerprint density at radius 2 is 2.53 bits per heavy atom. The fraction of sp³-hybridized carbons (Fsp3) is 0.300. The number of aryl methyl sites for hydroxylation is 1. The lowest BCUT2D eigenvalue weighted by Crippen LogP contribution is -2.22. The van der Waals surface area contributed by atoms with Crippen molar-refractivity contribution in [3.8, 4) is 0 Å². The van der Waals surface area contributed by atoms with Crippen LogP contribution in [0.3, 0.4) is 0 Å². The number of amides is 1. The van der Waals surface area contributed by atoms with Crippen LogP contribution in [0.4, 0.5) is 5.00 Å². The zero-order chi connectivity index (χ0) is 10.8. The van der Waals surface area contributed by atoms with E-state index >= 15 is 0 Å². The Bertz CT molecular complexity index is 439. The predicted molar refractivity (Wildman–Crippen MR) is 71.0 cm³/mol. The number of carbonyl (C=O) groups excluding carboxylic acids is 1. The number of carbonyl (C=O) groups is 1. The molecule has 15 heavy (non-hydrogen) atoms. The molecule has 1 amide bonds. The highest BCUT2D eigenvalue weighted by Gasteiger charge is 2.23. The van der Waals surface area contributed by atoms with Crippen LogP contribution in [-0.4, -0.2) is 15.6 Å². The van der Waals surface area contributed by atoms with E-state index in [1.807, 2.05) is 6.07 Å². The number of halogens is 1. The molecule has 0 saturated heterocycles. The zero-order valence-electron chi connectivity index (χ0n) is 8.36. The topological polar surface area (TPSA) is 32.7 Å². The van der Waals surface area contributed by atoms with E-state index in [-0.39, 0.29) is 5.91 Å². The smallest absolute Gasteiger partial charge is 0.266 e. The molecule has 5 heteroatoms. The van der Waals surface area contributed by atoms with Gasteiger partial charge in [0.2, 0.25) is 0 Å². The van der Waals surface area contributed by atoms with Crippen molar-refractivity contribution in [2.45, 2.75) is 13.3 Å². The SMILES string of the molecule is C=CCN1I=Nc2sc(CC)cc2C1=O. The fourth-order valence-corrected chi connectivity index (χ4v) is 4.28. The Balaban J connectivity index is 2.35. The van der Waals surface area contributed by atoms with E-state index in [9.17, 15) is 4.79 Å². The van der Waals surface area contributed by atoms with Crippen molar-refractivity contribution < 1.29 is 4.79 Å². The number of rotatable bonds is 3. The minimum Gasteiger partial charge on any atom is -0.268 e. The second-order valence-electron chi connectivity index (χ2n) is 3.08. The molecule has 0 saturated carbocycles. The van der Waals surface area contributed by atoms with E-state index in [0.717, 1.165) is 17.0 Å². The lowest BCUT2D eigenvalue weighted by molar-refractivity contribution is 0.0897. The first-order valence-electron chi connectivity index (χ1n) is 4.67. The summed E-state index contributed by atoms with van der Waals surface area (Å²) in [7, 11) is 0. The molecule has 0 bridgehead atoms. The predicted octanol–water partition coefficient (Wildman–Crippen LogP) is 3.65. The molecule has 0 unspecified atom stereocenters. The molecule has 3 nitrogen and oxygen atoms in total. The van der Waals surface area contributed by atoms with Gasteiger partial charge in [-0.3, -0.25) is 7.91 Å². The maximum absolute atomic E-state index is 12.0. The van der Waals surface area contributed by atoms with Crippen LogP contribution in [0, 0.1) is 0 Å². The minimum absolute atomic E-state index is 0.128. The molecule has 0 radical (unpaired) electrons. The maximum atomic E-state index is 12.0. The van der Waals surface area contributed by atoms with Crippen LogP contribution in [0.1, 0.15) is 22.2 Å². The minimum atomic E-state index is -0.531. The second-order valence-corrected chi connectivity index (χ2v) is 6.28. The molecule has 1 aromatic rings.